The summed E-state index contributed by atoms with van der Waals surface area (Å²) >= 11 is 0. The second-order valence-corrected chi connectivity index (χ2v) is 8.03. The predicted octanol–water partition coefficient (Wildman–Crippen LogP) is 3.36. The van der Waals surface area contributed by atoms with Crippen LogP contribution in [-0.2, 0) is 13.1 Å². The molecule has 0 spiro atoms. The Morgan fingerprint density at radius 3 is 2.58 bits per heavy atom. The van der Waals surface area contributed by atoms with Gasteiger partial charge in [0, 0.05) is 37.9 Å². The molecule has 3 rings (SSSR count). The van der Waals surface area contributed by atoms with Crippen molar-refractivity contribution in [1.29, 1.82) is 0 Å². The van der Waals surface area contributed by atoms with Gasteiger partial charge in [0.1, 0.15) is 0 Å². The molecule has 0 bridgehead atoms. The Hall–Kier alpha value is -2.30. The van der Waals surface area contributed by atoms with E-state index >= 15 is 0 Å². The van der Waals surface area contributed by atoms with Gasteiger partial charge in [-0.25, -0.2) is 0 Å². The van der Waals surface area contributed by atoms with Gasteiger partial charge in [0.05, 0.1) is 12.2 Å². The summed E-state index contributed by atoms with van der Waals surface area (Å²) < 4.78 is 2.10. The van der Waals surface area contributed by atoms with Gasteiger partial charge in [-0.1, -0.05) is 44.2 Å². The molecule has 0 radical (unpaired) electrons. The quantitative estimate of drug-likeness (QED) is 0.677. The molecular formula is C21H31N5. The molecule has 1 aliphatic heterocycles. The molecule has 1 fully saturated rings. The van der Waals surface area contributed by atoms with Crippen molar-refractivity contribution in [3.63, 3.8) is 0 Å². The summed E-state index contributed by atoms with van der Waals surface area (Å²) in [6.07, 6.45) is 1.21. The van der Waals surface area contributed by atoms with Crippen molar-refractivity contribution in [2.24, 2.45) is 10.4 Å². The van der Waals surface area contributed by atoms with Crippen molar-refractivity contribution in [3.8, 4) is 0 Å². The summed E-state index contributed by atoms with van der Waals surface area (Å²) in [5.41, 5.74) is 5.21. The first kappa shape index (κ1) is 18.5. The van der Waals surface area contributed by atoms with Crippen LogP contribution in [0.2, 0.25) is 0 Å². The molecular weight excluding hydrogens is 322 g/mol. The number of nitrogens with zero attached hydrogens (tertiary/aromatic N) is 4. The highest BCUT2D eigenvalue weighted by Gasteiger charge is 2.30. The van der Waals surface area contributed by atoms with Gasteiger partial charge in [0.15, 0.2) is 5.96 Å². The number of guanidine groups is 1. The third kappa shape index (κ3) is 4.09. The van der Waals surface area contributed by atoms with Crippen LogP contribution in [0.3, 0.4) is 0 Å². The van der Waals surface area contributed by atoms with E-state index in [1.54, 1.807) is 0 Å². The number of aryl methyl sites for hydroxylation is 1. The fourth-order valence-corrected chi connectivity index (χ4v) is 3.69. The minimum Gasteiger partial charge on any atom is -0.352 e. The third-order valence-corrected chi connectivity index (χ3v) is 5.32. The Bertz CT molecular complexity index is 773. The molecule has 26 heavy (non-hydrogen) atoms. The third-order valence-electron chi connectivity index (χ3n) is 5.32. The number of aromatic nitrogens is 2. The van der Waals surface area contributed by atoms with E-state index in [-0.39, 0.29) is 0 Å². The Morgan fingerprint density at radius 1 is 1.23 bits per heavy atom. The highest BCUT2D eigenvalue weighted by Crippen LogP contribution is 2.28. The molecule has 2 heterocycles. The van der Waals surface area contributed by atoms with Crippen LogP contribution in [0.5, 0.6) is 0 Å². The maximum atomic E-state index is 4.75. The Morgan fingerprint density at radius 2 is 1.96 bits per heavy atom. The van der Waals surface area contributed by atoms with E-state index in [0.717, 1.165) is 37.8 Å². The molecule has 1 aromatic heterocycles. The lowest BCUT2D eigenvalue weighted by Crippen LogP contribution is -2.40. The topological polar surface area (TPSA) is 45.5 Å². The molecule has 0 saturated carbocycles. The Balaban J connectivity index is 1.68. The summed E-state index contributed by atoms with van der Waals surface area (Å²) in [6, 6.07) is 10.5. The molecule has 0 atom stereocenters. The second-order valence-electron chi connectivity index (χ2n) is 8.03. The smallest absolute Gasteiger partial charge is 0.193 e. The highest BCUT2D eigenvalue weighted by molar-refractivity contribution is 5.80. The SMILES string of the molecule is CN=C(NCc1c(C)nn(Cc2ccccc2)c1C)N1CCC(C)(C)C1. The molecule has 0 unspecified atom stereocenters. The maximum absolute atomic E-state index is 4.75. The van der Waals surface area contributed by atoms with Crippen LogP contribution < -0.4 is 5.32 Å². The number of benzene rings is 1. The molecule has 1 aromatic carbocycles. The van der Waals surface area contributed by atoms with Gasteiger partial charge in [0.2, 0.25) is 0 Å². The lowest BCUT2D eigenvalue weighted by molar-refractivity contribution is 0.370. The first-order valence-corrected chi connectivity index (χ1v) is 9.42. The molecule has 2 aromatic rings. The van der Waals surface area contributed by atoms with Crippen molar-refractivity contribution in [1.82, 2.24) is 20.0 Å². The lowest BCUT2D eigenvalue weighted by atomic mass is 9.93. The highest BCUT2D eigenvalue weighted by atomic mass is 15.3. The van der Waals surface area contributed by atoms with Crippen LogP contribution in [0, 0.1) is 19.3 Å². The number of nitrogens with one attached hydrogen (secondary N) is 1. The fraction of sp³-hybridized carbons (Fsp3) is 0.524. The number of aliphatic imine (C=N–C) groups is 1. The van der Waals surface area contributed by atoms with E-state index in [0.29, 0.717) is 5.41 Å². The normalized spacial score (nSPS) is 17.0. The van der Waals surface area contributed by atoms with Gasteiger partial charge in [-0.3, -0.25) is 9.67 Å². The fourth-order valence-electron chi connectivity index (χ4n) is 3.69. The maximum Gasteiger partial charge on any atom is 0.193 e. The van der Waals surface area contributed by atoms with Crippen molar-refractivity contribution in [2.45, 2.75) is 47.2 Å². The minimum absolute atomic E-state index is 0.365. The molecule has 1 aliphatic rings. The number of likely N-dealkylation sites (tertiary alicyclic amines) is 1. The van der Waals surface area contributed by atoms with Crippen LogP contribution >= 0.6 is 0 Å². The monoisotopic (exact) mass is 353 g/mol. The molecule has 1 N–H and O–H groups in total. The zero-order valence-corrected chi connectivity index (χ0v) is 16.7. The van der Waals surface area contributed by atoms with Gasteiger partial charge >= 0.3 is 0 Å². The largest absolute Gasteiger partial charge is 0.352 e. The van der Waals surface area contributed by atoms with Gasteiger partial charge in [-0.05, 0) is 31.2 Å². The van der Waals surface area contributed by atoms with Gasteiger partial charge in [0.25, 0.3) is 0 Å². The van der Waals surface area contributed by atoms with E-state index in [2.05, 4.69) is 71.9 Å². The lowest BCUT2D eigenvalue weighted by Gasteiger charge is -2.23. The van der Waals surface area contributed by atoms with Crippen molar-refractivity contribution in [3.05, 3.63) is 52.8 Å². The summed E-state index contributed by atoms with van der Waals surface area (Å²) in [5, 5.41) is 8.30. The molecule has 0 amide bonds. The molecule has 5 nitrogen and oxygen atoms in total. The van der Waals surface area contributed by atoms with Gasteiger partial charge < -0.3 is 10.2 Å². The van der Waals surface area contributed by atoms with E-state index in [4.69, 9.17) is 5.10 Å². The first-order valence-electron chi connectivity index (χ1n) is 9.42. The summed E-state index contributed by atoms with van der Waals surface area (Å²) in [7, 11) is 1.87. The first-order chi connectivity index (χ1) is 12.4. The number of hydrogen-bond donors (Lipinski definition) is 1. The second kappa shape index (κ2) is 7.52. The van der Waals surface area contributed by atoms with E-state index in [1.807, 2.05) is 13.1 Å². The Labute approximate surface area is 157 Å². The van der Waals surface area contributed by atoms with Crippen molar-refractivity contribution < 1.29 is 0 Å². The van der Waals surface area contributed by atoms with E-state index in [9.17, 15) is 0 Å². The van der Waals surface area contributed by atoms with Crippen molar-refractivity contribution in [2.75, 3.05) is 20.1 Å². The predicted molar refractivity (Wildman–Crippen MR) is 107 cm³/mol. The van der Waals surface area contributed by atoms with Crippen LogP contribution in [0.15, 0.2) is 35.3 Å². The van der Waals surface area contributed by atoms with Crippen LogP contribution in [-0.4, -0.2) is 40.8 Å². The minimum atomic E-state index is 0.365. The summed E-state index contributed by atoms with van der Waals surface area (Å²) in [5.74, 6) is 0.991. The number of rotatable bonds is 4. The average Bonchev–Trinajstić information content (AvgIpc) is 3.10. The standard InChI is InChI=1S/C21H31N5/c1-16-19(13-23-20(22-5)25-12-11-21(3,4)15-25)17(2)26(24-16)14-18-9-7-6-8-10-18/h6-10H,11-15H2,1-5H3,(H,22,23). The van der Waals surface area contributed by atoms with Crippen LogP contribution in [0.4, 0.5) is 0 Å². The summed E-state index contributed by atoms with van der Waals surface area (Å²) in [4.78, 5) is 6.85. The van der Waals surface area contributed by atoms with E-state index in [1.165, 1.54) is 23.2 Å². The zero-order chi connectivity index (χ0) is 18.7. The number of hydrogen-bond acceptors (Lipinski definition) is 2. The van der Waals surface area contributed by atoms with Crippen LogP contribution in [0.1, 0.15) is 42.8 Å². The average molecular weight is 354 g/mol. The van der Waals surface area contributed by atoms with Gasteiger partial charge in [-0.15, -0.1) is 0 Å². The van der Waals surface area contributed by atoms with Gasteiger partial charge in [-0.2, -0.15) is 5.10 Å². The van der Waals surface area contributed by atoms with Crippen molar-refractivity contribution >= 4 is 5.96 Å². The summed E-state index contributed by atoms with van der Waals surface area (Å²) in [6.45, 7) is 12.6. The van der Waals surface area contributed by atoms with Crippen LogP contribution in [0.25, 0.3) is 0 Å². The molecule has 0 aliphatic carbocycles. The molecule has 140 valence electrons. The van der Waals surface area contributed by atoms with E-state index < -0.39 is 0 Å². The molecule has 5 heteroatoms. The Kier molecular flexibility index (Phi) is 5.35. The molecule has 1 saturated heterocycles. The zero-order valence-electron chi connectivity index (χ0n) is 16.7.